The molecule has 0 aromatic rings. The molecule has 1 fully saturated rings. The number of hydrogen-bond donors (Lipinski definition) is 2. The quantitative estimate of drug-likeness (QED) is 0.655. The zero-order valence-electron chi connectivity index (χ0n) is 11.5. The second kappa shape index (κ2) is 8.48. The minimum atomic E-state index is -0.713. The van der Waals surface area contributed by atoms with Crippen LogP contribution in [-0.2, 0) is 4.79 Å². The smallest absolute Gasteiger partial charge is 0.303 e. The third-order valence-corrected chi connectivity index (χ3v) is 3.68. The lowest BCUT2D eigenvalue weighted by Crippen LogP contribution is -2.41. The molecule has 2 N–H and O–H groups in total. The summed E-state index contributed by atoms with van der Waals surface area (Å²) >= 11 is 0. The number of nitrogens with zero attached hydrogens (tertiary/aromatic N) is 1. The Kier molecular flexibility index (Phi) is 7.28. The molecular formula is C14H27NO3. The highest BCUT2D eigenvalue weighted by Gasteiger charge is 2.21. The van der Waals surface area contributed by atoms with Crippen LogP contribution in [0.5, 0.6) is 0 Å². The van der Waals surface area contributed by atoms with Crippen molar-refractivity contribution in [2.45, 2.75) is 70.4 Å². The van der Waals surface area contributed by atoms with Gasteiger partial charge in [-0.05, 0) is 39.2 Å². The molecule has 0 saturated heterocycles. The summed E-state index contributed by atoms with van der Waals surface area (Å²) in [6, 6.07) is 0.596. The van der Waals surface area contributed by atoms with Crippen LogP contribution in [0.1, 0.15) is 58.3 Å². The van der Waals surface area contributed by atoms with Gasteiger partial charge < -0.3 is 10.2 Å². The van der Waals surface area contributed by atoms with Crippen LogP contribution in [0, 0.1) is 0 Å². The van der Waals surface area contributed by atoms with E-state index < -0.39 is 5.97 Å². The molecule has 0 aromatic heterocycles. The van der Waals surface area contributed by atoms with Crippen molar-refractivity contribution in [3.8, 4) is 0 Å². The molecule has 1 rings (SSSR count). The molecule has 1 aliphatic carbocycles. The molecule has 1 unspecified atom stereocenters. The van der Waals surface area contributed by atoms with Crippen LogP contribution in [0.3, 0.4) is 0 Å². The van der Waals surface area contributed by atoms with E-state index in [9.17, 15) is 9.90 Å². The van der Waals surface area contributed by atoms with E-state index in [-0.39, 0.29) is 12.5 Å². The minimum Gasteiger partial charge on any atom is -0.481 e. The first-order valence-corrected chi connectivity index (χ1v) is 7.23. The number of aliphatic carboxylic acids is 1. The number of unbranched alkanes of at least 4 members (excludes halogenated alkanes) is 1. The number of carboxylic acid groups (broad SMARTS) is 1. The zero-order valence-corrected chi connectivity index (χ0v) is 11.5. The molecule has 0 amide bonds. The van der Waals surface area contributed by atoms with Crippen molar-refractivity contribution in [2.24, 2.45) is 0 Å². The Morgan fingerprint density at radius 2 is 1.94 bits per heavy atom. The first-order chi connectivity index (χ1) is 8.59. The number of carboxylic acids is 1. The topological polar surface area (TPSA) is 60.8 Å². The molecule has 0 aliphatic heterocycles. The molecule has 0 bridgehead atoms. The molecule has 0 heterocycles. The van der Waals surface area contributed by atoms with Gasteiger partial charge in [0.25, 0.3) is 0 Å². The van der Waals surface area contributed by atoms with Crippen LogP contribution in [0.4, 0.5) is 0 Å². The predicted molar refractivity (Wildman–Crippen MR) is 71.6 cm³/mol. The Labute approximate surface area is 110 Å². The van der Waals surface area contributed by atoms with Crippen LogP contribution < -0.4 is 0 Å². The third kappa shape index (κ3) is 6.36. The number of hydrogen-bond acceptors (Lipinski definition) is 3. The summed E-state index contributed by atoms with van der Waals surface area (Å²) in [6.45, 7) is 3.47. The van der Waals surface area contributed by atoms with Gasteiger partial charge in [-0.3, -0.25) is 9.69 Å². The lowest BCUT2D eigenvalue weighted by Gasteiger charge is -2.35. The van der Waals surface area contributed by atoms with E-state index in [2.05, 4.69) is 4.90 Å². The molecular weight excluding hydrogens is 230 g/mol. The normalized spacial score (nSPS) is 19.1. The van der Waals surface area contributed by atoms with Gasteiger partial charge in [0.2, 0.25) is 0 Å². The maximum atomic E-state index is 10.5. The van der Waals surface area contributed by atoms with Crippen molar-refractivity contribution < 1.29 is 15.0 Å². The molecule has 0 aromatic carbocycles. The summed E-state index contributed by atoms with van der Waals surface area (Å²) in [5.41, 5.74) is 0. The fraction of sp³-hybridized carbons (Fsp3) is 0.929. The average molecular weight is 257 g/mol. The number of aliphatic hydroxyl groups is 1. The molecule has 4 nitrogen and oxygen atoms in total. The number of aliphatic hydroxyl groups excluding tert-OH is 1. The largest absolute Gasteiger partial charge is 0.481 e. The van der Waals surface area contributed by atoms with Crippen molar-refractivity contribution >= 4 is 5.97 Å². The second-order valence-corrected chi connectivity index (χ2v) is 5.49. The van der Waals surface area contributed by atoms with Crippen LogP contribution in [-0.4, -0.2) is 46.3 Å². The summed E-state index contributed by atoms with van der Waals surface area (Å²) in [7, 11) is 0. The summed E-state index contributed by atoms with van der Waals surface area (Å²) in [5, 5.41) is 18.2. The van der Waals surface area contributed by atoms with E-state index in [4.69, 9.17) is 5.11 Å². The fourth-order valence-electron chi connectivity index (χ4n) is 2.80. The second-order valence-electron chi connectivity index (χ2n) is 5.49. The first-order valence-electron chi connectivity index (χ1n) is 7.23. The average Bonchev–Trinajstić information content (AvgIpc) is 2.33. The molecule has 1 aliphatic rings. The maximum absolute atomic E-state index is 10.5. The molecule has 18 heavy (non-hydrogen) atoms. The van der Waals surface area contributed by atoms with Gasteiger partial charge in [-0.1, -0.05) is 19.3 Å². The molecule has 4 heteroatoms. The van der Waals surface area contributed by atoms with Crippen molar-refractivity contribution in [2.75, 3.05) is 13.1 Å². The molecule has 1 atom stereocenters. The fourth-order valence-corrected chi connectivity index (χ4v) is 2.80. The lowest BCUT2D eigenvalue weighted by molar-refractivity contribution is -0.137. The minimum absolute atomic E-state index is 0.257. The Morgan fingerprint density at radius 1 is 1.28 bits per heavy atom. The Morgan fingerprint density at radius 3 is 2.50 bits per heavy atom. The highest BCUT2D eigenvalue weighted by atomic mass is 16.4. The van der Waals surface area contributed by atoms with Crippen LogP contribution in [0.15, 0.2) is 0 Å². The van der Waals surface area contributed by atoms with Gasteiger partial charge in [0.05, 0.1) is 6.10 Å². The van der Waals surface area contributed by atoms with E-state index in [1.54, 1.807) is 0 Å². The van der Waals surface area contributed by atoms with E-state index in [1.165, 1.54) is 32.1 Å². The van der Waals surface area contributed by atoms with Gasteiger partial charge in [0, 0.05) is 19.0 Å². The standard InChI is InChI=1S/C14H27NO3/c1-12(16)11-15(10-6-5-9-14(17)18)13-7-3-2-4-8-13/h12-13,16H,2-11H2,1H3,(H,17,18). The van der Waals surface area contributed by atoms with Gasteiger partial charge >= 0.3 is 5.97 Å². The zero-order chi connectivity index (χ0) is 13.4. The third-order valence-electron chi connectivity index (χ3n) is 3.68. The Balaban J connectivity index is 2.32. The number of carbonyl (C=O) groups is 1. The lowest BCUT2D eigenvalue weighted by atomic mass is 9.93. The van der Waals surface area contributed by atoms with Crippen LogP contribution in [0.25, 0.3) is 0 Å². The molecule has 0 radical (unpaired) electrons. The Hall–Kier alpha value is -0.610. The number of rotatable bonds is 8. The van der Waals surface area contributed by atoms with Crippen LogP contribution >= 0.6 is 0 Å². The van der Waals surface area contributed by atoms with E-state index >= 15 is 0 Å². The Bertz CT molecular complexity index is 237. The summed E-state index contributed by atoms with van der Waals surface area (Å²) < 4.78 is 0. The summed E-state index contributed by atoms with van der Waals surface area (Å²) in [5.74, 6) is -0.713. The SMILES string of the molecule is CC(O)CN(CCCCC(=O)O)C1CCCCC1. The van der Waals surface area contributed by atoms with Gasteiger partial charge in [-0.25, -0.2) is 0 Å². The van der Waals surface area contributed by atoms with Crippen molar-refractivity contribution in [1.82, 2.24) is 4.90 Å². The van der Waals surface area contributed by atoms with E-state index in [0.29, 0.717) is 6.04 Å². The highest BCUT2D eigenvalue weighted by Crippen LogP contribution is 2.23. The van der Waals surface area contributed by atoms with E-state index in [0.717, 1.165) is 25.9 Å². The van der Waals surface area contributed by atoms with Gasteiger partial charge in [-0.15, -0.1) is 0 Å². The first kappa shape index (κ1) is 15.4. The molecule has 106 valence electrons. The summed E-state index contributed by atoms with van der Waals surface area (Å²) in [4.78, 5) is 12.8. The molecule has 1 saturated carbocycles. The van der Waals surface area contributed by atoms with Crippen molar-refractivity contribution in [3.05, 3.63) is 0 Å². The van der Waals surface area contributed by atoms with Gasteiger partial charge in [-0.2, -0.15) is 0 Å². The predicted octanol–water partition coefficient (Wildman–Crippen LogP) is 2.26. The molecule has 0 spiro atoms. The van der Waals surface area contributed by atoms with Gasteiger partial charge in [0.15, 0.2) is 0 Å². The van der Waals surface area contributed by atoms with Gasteiger partial charge in [0.1, 0.15) is 0 Å². The highest BCUT2D eigenvalue weighted by molar-refractivity contribution is 5.66. The van der Waals surface area contributed by atoms with E-state index in [1.807, 2.05) is 6.92 Å². The summed E-state index contributed by atoms with van der Waals surface area (Å²) in [6.07, 6.45) is 7.97. The van der Waals surface area contributed by atoms with Crippen molar-refractivity contribution in [3.63, 3.8) is 0 Å². The monoisotopic (exact) mass is 257 g/mol. The van der Waals surface area contributed by atoms with Crippen molar-refractivity contribution in [1.29, 1.82) is 0 Å². The van der Waals surface area contributed by atoms with Crippen LogP contribution in [0.2, 0.25) is 0 Å². The maximum Gasteiger partial charge on any atom is 0.303 e.